The van der Waals surface area contributed by atoms with E-state index in [4.69, 9.17) is 9.47 Å². The van der Waals surface area contributed by atoms with Gasteiger partial charge in [-0.25, -0.2) is 0 Å². The van der Waals surface area contributed by atoms with Gasteiger partial charge in [0.2, 0.25) is 0 Å². The van der Waals surface area contributed by atoms with E-state index in [1.54, 1.807) is 0 Å². The fourth-order valence-electron chi connectivity index (χ4n) is 1.58. The minimum atomic E-state index is -1.12. The van der Waals surface area contributed by atoms with Crippen LogP contribution >= 0.6 is 0 Å². The molecule has 0 aromatic heterocycles. The largest absolute Gasteiger partial charge is 0.385 e. The van der Waals surface area contributed by atoms with Crippen LogP contribution in [0.25, 0.3) is 0 Å². The summed E-state index contributed by atoms with van der Waals surface area (Å²) in [6, 6.07) is 2.78. The average Bonchev–Trinajstić information content (AvgIpc) is 2.22. The zero-order chi connectivity index (χ0) is 12.7. The third-order valence-electron chi connectivity index (χ3n) is 2.87. The van der Waals surface area contributed by atoms with Crippen molar-refractivity contribution in [3.63, 3.8) is 0 Å². The average molecular weight is 263 g/mol. The Labute approximate surface area is 104 Å². The van der Waals surface area contributed by atoms with Crippen LogP contribution < -0.4 is 0 Å². The quantitative estimate of drug-likeness (QED) is 0.592. The molecule has 16 heavy (non-hydrogen) atoms. The summed E-state index contributed by atoms with van der Waals surface area (Å²) in [6.45, 7) is 15.6. The second kappa shape index (κ2) is 7.64. The summed E-state index contributed by atoms with van der Waals surface area (Å²) in [4.78, 5) is 0. The lowest BCUT2D eigenvalue weighted by molar-refractivity contribution is 0.187. The first kappa shape index (κ1) is 16.4. The molecule has 0 radical (unpaired) electrons. The first-order chi connectivity index (χ1) is 7.33. The van der Waals surface area contributed by atoms with Crippen LogP contribution in [0.4, 0.5) is 0 Å². The van der Waals surface area contributed by atoms with Crippen molar-refractivity contribution < 1.29 is 9.47 Å². The monoisotopic (exact) mass is 262 g/mol. The van der Waals surface area contributed by atoms with E-state index < -0.39 is 16.1 Å². The van der Waals surface area contributed by atoms with E-state index in [0.717, 1.165) is 25.7 Å². The summed E-state index contributed by atoms with van der Waals surface area (Å²) in [7, 11) is -2.23. The molecule has 0 fully saturated rings. The standard InChI is InChI=1S/C12H30O2Si2/c1-7-13-11-15(3,4)9-10-16(5,6)12-14-8-2/h7-12H2,1-6H3. The molecule has 0 aliphatic carbocycles. The third-order valence-corrected chi connectivity index (χ3v) is 8.55. The van der Waals surface area contributed by atoms with Crippen molar-refractivity contribution in [1.82, 2.24) is 0 Å². The Kier molecular flexibility index (Phi) is 7.80. The van der Waals surface area contributed by atoms with Gasteiger partial charge in [0.05, 0.1) is 16.1 Å². The van der Waals surface area contributed by atoms with E-state index in [-0.39, 0.29) is 0 Å². The number of ether oxygens (including phenoxy) is 2. The lowest BCUT2D eigenvalue weighted by Crippen LogP contribution is -2.39. The van der Waals surface area contributed by atoms with Gasteiger partial charge in [0.25, 0.3) is 0 Å². The fraction of sp³-hybridized carbons (Fsp3) is 1.00. The molecular weight excluding hydrogens is 232 g/mol. The molecule has 2 nitrogen and oxygen atoms in total. The maximum atomic E-state index is 5.59. The molecule has 98 valence electrons. The van der Waals surface area contributed by atoms with Gasteiger partial charge in [0.1, 0.15) is 0 Å². The fourth-order valence-corrected chi connectivity index (χ4v) is 8.79. The third kappa shape index (κ3) is 8.50. The predicted octanol–water partition coefficient (Wildman–Crippen LogP) is 3.55. The Morgan fingerprint density at radius 3 is 1.25 bits per heavy atom. The van der Waals surface area contributed by atoms with Gasteiger partial charge in [-0.05, 0) is 13.8 Å². The molecule has 0 aromatic rings. The molecule has 0 heterocycles. The molecule has 0 aliphatic rings. The van der Waals surface area contributed by atoms with Crippen molar-refractivity contribution in [2.45, 2.75) is 52.1 Å². The Bertz CT molecular complexity index is 162. The van der Waals surface area contributed by atoms with Crippen LogP contribution in [0, 0.1) is 0 Å². The van der Waals surface area contributed by atoms with E-state index in [9.17, 15) is 0 Å². The summed E-state index contributed by atoms with van der Waals surface area (Å²) in [5.74, 6) is 0. The normalized spacial score (nSPS) is 13.1. The van der Waals surface area contributed by atoms with Crippen molar-refractivity contribution in [1.29, 1.82) is 0 Å². The summed E-state index contributed by atoms with van der Waals surface area (Å²) < 4.78 is 11.2. The van der Waals surface area contributed by atoms with Crippen molar-refractivity contribution in [2.24, 2.45) is 0 Å². The van der Waals surface area contributed by atoms with Crippen LogP contribution in [-0.4, -0.2) is 41.8 Å². The molecular formula is C12H30O2Si2. The first-order valence-corrected chi connectivity index (χ1v) is 13.3. The van der Waals surface area contributed by atoms with E-state index in [2.05, 4.69) is 40.0 Å². The van der Waals surface area contributed by atoms with Gasteiger partial charge in [-0.1, -0.05) is 38.3 Å². The van der Waals surface area contributed by atoms with Gasteiger partial charge >= 0.3 is 0 Å². The molecule has 4 heteroatoms. The summed E-state index contributed by atoms with van der Waals surface area (Å²) in [5, 5.41) is 0. The minimum Gasteiger partial charge on any atom is -0.385 e. The van der Waals surface area contributed by atoms with E-state index >= 15 is 0 Å². The Hall–Kier alpha value is 0.354. The lowest BCUT2D eigenvalue weighted by Gasteiger charge is -2.28. The molecule has 0 bridgehead atoms. The van der Waals surface area contributed by atoms with Gasteiger partial charge in [0, 0.05) is 25.7 Å². The topological polar surface area (TPSA) is 18.5 Å². The van der Waals surface area contributed by atoms with Crippen molar-refractivity contribution >= 4 is 16.1 Å². The second-order valence-electron chi connectivity index (χ2n) is 6.10. The maximum Gasteiger partial charge on any atom is 0.0773 e. The Balaban J connectivity index is 3.91. The van der Waals surface area contributed by atoms with Gasteiger partial charge < -0.3 is 9.47 Å². The maximum absolute atomic E-state index is 5.59. The zero-order valence-corrected chi connectivity index (χ0v) is 14.1. The number of hydrogen-bond acceptors (Lipinski definition) is 2. The lowest BCUT2D eigenvalue weighted by atomic mass is 10.9. The highest BCUT2D eigenvalue weighted by molar-refractivity contribution is 6.82. The predicted molar refractivity (Wildman–Crippen MR) is 77.6 cm³/mol. The number of hydrogen-bond donors (Lipinski definition) is 0. The van der Waals surface area contributed by atoms with Crippen LogP contribution in [-0.2, 0) is 9.47 Å². The Morgan fingerprint density at radius 2 is 1.00 bits per heavy atom. The minimum absolute atomic E-state index is 0.857. The van der Waals surface area contributed by atoms with E-state index in [1.807, 2.05) is 0 Å². The molecule has 0 atom stereocenters. The summed E-state index contributed by atoms with van der Waals surface area (Å²) in [5.41, 5.74) is 0. The molecule has 0 unspecified atom stereocenters. The van der Waals surface area contributed by atoms with Crippen molar-refractivity contribution in [3.8, 4) is 0 Å². The zero-order valence-electron chi connectivity index (χ0n) is 12.1. The Morgan fingerprint density at radius 1 is 0.688 bits per heavy atom. The van der Waals surface area contributed by atoms with Gasteiger partial charge in [-0.15, -0.1) is 0 Å². The molecule has 0 aromatic carbocycles. The first-order valence-electron chi connectivity index (χ1n) is 6.48. The molecule has 0 saturated heterocycles. The second-order valence-corrected chi connectivity index (χ2v) is 16.3. The summed E-state index contributed by atoms with van der Waals surface area (Å²) >= 11 is 0. The molecule has 0 N–H and O–H groups in total. The van der Waals surface area contributed by atoms with Crippen molar-refractivity contribution in [2.75, 3.05) is 25.7 Å². The van der Waals surface area contributed by atoms with Crippen molar-refractivity contribution in [3.05, 3.63) is 0 Å². The van der Waals surface area contributed by atoms with Gasteiger partial charge in [-0.2, -0.15) is 0 Å². The molecule has 0 saturated carbocycles. The van der Waals surface area contributed by atoms with Gasteiger partial charge in [-0.3, -0.25) is 0 Å². The molecule has 0 spiro atoms. The highest BCUT2D eigenvalue weighted by atomic mass is 28.3. The molecule has 0 aliphatic heterocycles. The number of rotatable bonds is 9. The smallest absolute Gasteiger partial charge is 0.0773 e. The van der Waals surface area contributed by atoms with Crippen LogP contribution in [0.5, 0.6) is 0 Å². The van der Waals surface area contributed by atoms with E-state index in [0.29, 0.717) is 0 Å². The van der Waals surface area contributed by atoms with Crippen LogP contribution in [0.3, 0.4) is 0 Å². The molecule has 0 rings (SSSR count). The highest BCUT2D eigenvalue weighted by Crippen LogP contribution is 2.20. The van der Waals surface area contributed by atoms with E-state index in [1.165, 1.54) is 12.1 Å². The van der Waals surface area contributed by atoms with Crippen LogP contribution in [0.2, 0.25) is 38.3 Å². The highest BCUT2D eigenvalue weighted by Gasteiger charge is 2.27. The molecule has 0 amide bonds. The summed E-state index contributed by atoms with van der Waals surface area (Å²) in [6.07, 6.45) is 2.03. The SMILES string of the molecule is CCOC[Si](C)(C)CC[Si](C)(C)COCC. The van der Waals surface area contributed by atoms with Crippen LogP contribution in [0.1, 0.15) is 13.8 Å². The van der Waals surface area contributed by atoms with Gasteiger partial charge in [0.15, 0.2) is 0 Å². The van der Waals surface area contributed by atoms with Crippen LogP contribution in [0.15, 0.2) is 0 Å².